The van der Waals surface area contributed by atoms with Crippen molar-refractivity contribution in [1.82, 2.24) is 0 Å². The minimum atomic E-state index is -0.452. The van der Waals surface area contributed by atoms with Crippen molar-refractivity contribution in [1.29, 1.82) is 0 Å². The van der Waals surface area contributed by atoms with Gasteiger partial charge in [-0.3, -0.25) is 0 Å². The van der Waals surface area contributed by atoms with Crippen LogP contribution in [0.5, 0.6) is 11.5 Å². The Hall–Kier alpha value is -2.11. The molecule has 0 unspecified atom stereocenters. The second-order valence-electron chi connectivity index (χ2n) is 5.69. The fraction of sp³-hybridized carbons (Fsp3) is 0.0952. The van der Waals surface area contributed by atoms with Gasteiger partial charge in [-0.1, -0.05) is 58.4 Å². The maximum absolute atomic E-state index is 12.1. The Labute approximate surface area is 169 Å². The molecule has 0 fully saturated rings. The fourth-order valence-corrected chi connectivity index (χ4v) is 4.06. The number of rotatable bonds is 5. The van der Waals surface area contributed by atoms with E-state index < -0.39 is 5.97 Å². The van der Waals surface area contributed by atoms with E-state index in [1.807, 2.05) is 61.5 Å². The monoisotopic (exact) mass is 474 g/mol. The van der Waals surface area contributed by atoms with E-state index in [1.54, 1.807) is 12.1 Å². The van der Waals surface area contributed by atoms with Gasteiger partial charge < -0.3 is 9.47 Å². The van der Waals surface area contributed by atoms with Gasteiger partial charge in [-0.15, -0.1) is 0 Å². The molecule has 3 aromatic carbocycles. The number of ether oxygens (including phenoxy) is 2. The van der Waals surface area contributed by atoms with Gasteiger partial charge in [0.25, 0.3) is 0 Å². The van der Waals surface area contributed by atoms with E-state index in [9.17, 15) is 4.79 Å². The quantitative estimate of drug-likeness (QED) is 0.327. The second kappa shape index (κ2) is 8.52. The molecule has 3 aromatic rings. The lowest BCUT2D eigenvalue weighted by Gasteiger charge is -2.11. The Morgan fingerprint density at radius 3 is 2.23 bits per heavy atom. The molecule has 0 atom stereocenters. The molecular formula is C21H16Br2O3. The Morgan fingerprint density at radius 2 is 1.58 bits per heavy atom. The number of hydrogen-bond donors (Lipinski definition) is 0. The number of carbonyl (C=O) groups is 1. The van der Waals surface area contributed by atoms with Gasteiger partial charge in [0.05, 0.1) is 4.47 Å². The van der Waals surface area contributed by atoms with Gasteiger partial charge in [0.1, 0.15) is 11.5 Å². The summed E-state index contributed by atoms with van der Waals surface area (Å²) in [4.78, 5) is 12.1. The highest BCUT2D eigenvalue weighted by Gasteiger charge is 2.11. The summed E-state index contributed by atoms with van der Waals surface area (Å²) in [5.74, 6) is 0.668. The molecule has 0 aliphatic heterocycles. The van der Waals surface area contributed by atoms with Crippen LogP contribution in [0.25, 0.3) is 11.1 Å². The third-order valence-electron chi connectivity index (χ3n) is 3.72. The SMILES string of the molecule is Cc1cc(Br)cc(Br)c1OCC(=O)Oc1ccc(-c2ccccc2)cc1. The van der Waals surface area contributed by atoms with E-state index in [-0.39, 0.29) is 6.61 Å². The lowest BCUT2D eigenvalue weighted by atomic mass is 10.1. The van der Waals surface area contributed by atoms with Crippen molar-refractivity contribution in [3.8, 4) is 22.6 Å². The van der Waals surface area contributed by atoms with Crippen LogP contribution in [-0.4, -0.2) is 12.6 Å². The van der Waals surface area contributed by atoms with Gasteiger partial charge in [-0.05, 0) is 63.8 Å². The standard InChI is InChI=1S/C21H16Br2O3/c1-14-11-17(22)12-19(23)21(14)25-13-20(24)26-18-9-7-16(8-10-18)15-5-3-2-4-6-15/h2-12H,13H2,1H3. The van der Waals surface area contributed by atoms with Crippen LogP contribution in [0.2, 0.25) is 0 Å². The van der Waals surface area contributed by atoms with Gasteiger partial charge in [0.15, 0.2) is 6.61 Å². The van der Waals surface area contributed by atoms with Crippen LogP contribution >= 0.6 is 31.9 Å². The van der Waals surface area contributed by atoms with Gasteiger partial charge in [0.2, 0.25) is 0 Å². The third kappa shape index (κ3) is 4.74. The first-order chi connectivity index (χ1) is 12.5. The Balaban J connectivity index is 1.60. The molecule has 0 bridgehead atoms. The van der Waals surface area contributed by atoms with Crippen molar-refractivity contribution >= 4 is 37.8 Å². The zero-order valence-corrected chi connectivity index (χ0v) is 17.2. The van der Waals surface area contributed by atoms with Gasteiger partial charge >= 0.3 is 5.97 Å². The number of esters is 1. The minimum Gasteiger partial charge on any atom is -0.480 e. The summed E-state index contributed by atoms with van der Waals surface area (Å²) in [5, 5.41) is 0. The summed E-state index contributed by atoms with van der Waals surface area (Å²) in [6, 6.07) is 21.2. The predicted octanol–water partition coefficient (Wildman–Crippen LogP) is 6.17. The Bertz CT molecular complexity index is 883. The maximum atomic E-state index is 12.1. The average molecular weight is 476 g/mol. The molecule has 0 N–H and O–H groups in total. The van der Waals surface area contributed by atoms with Crippen LogP contribution in [-0.2, 0) is 4.79 Å². The number of carbonyl (C=O) groups excluding carboxylic acids is 1. The van der Waals surface area contributed by atoms with Crippen molar-refractivity contribution in [2.45, 2.75) is 6.92 Å². The molecule has 26 heavy (non-hydrogen) atoms. The smallest absolute Gasteiger partial charge is 0.349 e. The highest BCUT2D eigenvalue weighted by atomic mass is 79.9. The van der Waals surface area contributed by atoms with Crippen molar-refractivity contribution in [3.05, 3.63) is 81.2 Å². The Kier molecular flexibility index (Phi) is 6.12. The highest BCUT2D eigenvalue weighted by Crippen LogP contribution is 2.32. The summed E-state index contributed by atoms with van der Waals surface area (Å²) in [6.07, 6.45) is 0. The summed E-state index contributed by atoms with van der Waals surface area (Å²) < 4.78 is 12.7. The van der Waals surface area contributed by atoms with Crippen LogP contribution < -0.4 is 9.47 Å². The van der Waals surface area contributed by atoms with Crippen LogP contribution in [0.4, 0.5) is 0 Å². The van der Waals surface area contributed by atoms with E-state index in [1.165, 1.54) is 0 Å². The normalized spacial score (nSPS) is 10.4. The molecule has 3 rings (SSSR count). The topological polar surface area (TPSA) is 35.5 Å². The Morgan fingerprint density at radius 1 is 0.923 bits per heavy atom. The lowest BCUT2D eigenvalue weighted by molar-refractivity contribution is -0.136. The highest BCUT2D eigenvalue weighted by molar-refractivity contribution is 9.11. The van der Waals surface area contributed by atoms with Crippen molar-refractivity contribution in [2.75, 3.05) is 6.61 Å². The molecule has 3 nitrogen and oxygen atoms in total. The predicted molar refractivity (Wildman–Crippen MR) is 110 cm³/mol. The lowest BCUT2D eigenvalue weighted by Crippen LogP contribution is -2.18. The number of halogens is 2. The number of hydrogen-bond acceptors (Lipinski definition) is 3. The molecule has 0 radical (unpaired) electrons. The van der Waals surface area contributed by atoms with E-state index >= 15 is 0 Å². The zero-order valence-electron chi connectivity index (χ0n) is 14.0. The molecular weight excluding hydrogens is 460 g/mol. The van der Waals surface area contributed by atoms with Crippen molar-refractivity contribution in [3.63, 3.8) is 0 Å². The fourth-order valence-electron chi connectivity index (χ4n) is 2.51. The van der Waals surface area contributed by atoms with Crippen LogP contribution in [0, 0.1) is 6.92 Å². The molecule has 5 heteroatoms. The molecule has 0 aliphatic carbocycles. The van der Waals surface area contributed by atoms with Crippen LogP contribution in [0.3, 0.4) is 0 Å². The first kappa shape index (κ1) is 18.7. The molecule has 0 aromatic heterocycles. The van der Waals surface area contributed by atoms with E-state index in [2.05, 4.69) is 31.9 Å². The molecule has 0 spiro atoms. The van der Waals surface area contributed by atoms with Crippen molar-refractivity contribution in [2.24, 2.45) is 0 Å². The summed E-state index contributed by atoms with van der Waals surface area (Å²) in [5.41, 5.74) is 3.10. The van der Waals surface area contributed by atoms with Gasteiger partial charge in [-0.2, -0.15) is 0 Å². The van der Waals surface area contributed by atoms with E-state index in [0.717, 1.165) is 25.6 Å². The number of aryl methyl sites for hydroxylation is 1. The van der Waals surface area contributed by atoms with E-state index in [0.29, 0.717) is 11.5 Å². The van der Waals surface area contributed by atoms with Crippen molar-refractivity contribution < 1.29 is 14.3 Å². The second-order valence-corrected chi connectivity index (χ2v) is 7.46. The van der Waals surface area contributed by atoms with Crippen LogP contribution in [0.15, 0.2) is 75.7 Å². The zero-order chi connectivity index (χ0) is 18.5. The van der Waals surface area contributed by atoms with Crippen LogP contribution in [0.1, 0.15) is 5.56 Å². The summed E-state index contributed by atoms with van der Waals surface area (Å²) in [7, 11) is 0. The average Bonchev–Trinajstić information content (AvgIpc) is 2.62. The first-order valence-electron chi connectivity index (χ1n) is 7.97. The largest absolute Gasteiger partial charge is 0.480 e. The summed E-state index contributed by atoms with van der Waals surface area (Å²) >= 11 is 6.85. The third-order valence-corrected chi connectivity index (χ3v) is 4.77. The molecule has 0 saturated heterocycles. The molecule has 0 amide bonds. The summed E-state index contributed by atoms with van der Waals surface area (Å²) in [6.45, 7) is 1.75. The molecule has 132 valence electrons. The van der Waals surface area contributed by atoms with Gasteiger partial charge in [-0.25, -0.2) is 4.79 Å². The first-order valence-corrected chi connectivity index (χ1v) is 9.56. The molecule has 0 heterocycles. The number of benzene rings is 3. The minimum absolute atomic E-state index is 0.165. The van der Waals surface area contributed by atoms with E-state index in [4.69, 9.17) is 9.47 Å². The maximum Gasteiger partial charge on any atom is 0.349 e. The van der Waals surface area contributed by atoms with Gasteiger partial charge in [0, 0.05) is 4.47 Å². The molecule has 0 saturated carbocycles. The molecule has 0 aliphatic rings.